The molecule has 1 saturated heterocycles. The molecule has 11 heteroatoms. The summed E-state index contributed by atoms with van der Waals surface area (Å²) in [6, 6.07) is -1.34. The summed E-state index contributed by atoms with van der Waals surface area (Å²) >= 11 is 0. The summed E-state index contributed by atoms with van der Waals surface area (Å²) in [5, 5.41) is 2.16. The molecule has 1 heterocycles. The number of carbonyl (C=O) groups excluding carboxylic acids is 1. The lowest BCUT2D eigenvalue weighted by Gasteiger charge is -2.23. The number of ether oxygens (including phenoxy) is 3. The Labute approximate surface area is 197 Å². The van der Waals surface area contributed by atoms with Gasteiger partial charge in [-0.15, -0.1) is 0 Å². The second-order valence-electron chi connectivity index (χ2n) is 9.32. The summed E-state index contributed by atoms with van der Waals surface area (Å²) in [6.45, 7) is 7.58. The van der Waals surface area contributed by atoms with Gasteiger partial charge in [0.15, 0.2) is 6.29 Å². The first-order chi connectivity index (χ1) is 15.8. The number of benzene rings is 1. The minimum absolute atomic E-state index is 0.00714. The van der Waals surface area contributed by atoms with Crippen molar-refractivity contribution < 1.29 is 41.0 Å². The Kier molecular flexibility index (Phi) is 10.1. The van der Waals surface area contributed by atoms with Gasteiger partial charge in [0.05, 0.1) is 20.9 Å². The predicted molar refractivity (Wildman–Crippen MR) is 122 cm³/mol. The SMILES string of the molecule is CCC(Nc1cc(F)c(C(=O)OC[Si](C)(C)C)c(F)c1/C=C/COC1CCCCO1)C(F)(F)F. The van der Waals surface area contributed by atoms with Crippen LogP contribution < -0.4 is 5.32 Å². The summed E-state index contributed by atoms with van der Waals surface area (Å²) in [5.74, 6) is -3.81. The minimum atomic E-state index is -4.64. The third-order valence-corrected chi connectivity index (χ3v) is 6.04. The first-order valence-corrected chi connectivity index (χ1v) is 15.0. The fourth-order valence-electron chi connectivity index (χ4n) is 3.23. The molecule has 2 rings (SSSR count). The van der Waals surface area contributed by atoms with Crippen molar-refractivity contribution >= 4 is 25.8 Å². The molecule has 2 unspecified atom stereocenters. The minimum Gasteiger partial charge on any atom is -0.466 e. The molecule has 1 fully saturated rings. The monoisotopic (exact) mass is 509 g/mol. The highest BCUT2D eigenvalue weighted by atomic mass is 28.3. The summed E-state index contributed by atoms with van der Waals surface area (Å²) < 4.78 is 86.0. The molecule has 0 aromatic heterocycles. The third-order valence-electron chi connectivity index (χ3n) is 5.03. The van der Waals surface area contributed by atoms with Crippen LogP contribution in [0.5, 0.6) is 0 Å². The molecule has 0 radical (unpaired) electrons. The predicted octanol–water partition coefficient (Wildman–Crippen LogP) is 6.31. The number of alkyl halides is 3. The second-order valence-corrected chi connectivity index (χ2v) is 14.7. The van der Waals surface area contributed by atoms with E-state index in [9.17, 15) is 22.4 Å². The van der Waals surface area contributed by atoms with E-state index in [-0.39, 0.29) is 19.3 Å². The van der Waals surface area contributed by atoms with E-state index in [1.807, 2.05) is 19.6 Å². The molecule has 0 bridgehead atoms. The second kappa shape index (κ2) is 12.1. The van der Waals surface area contributed by atoms with Crippen LogP contribution >= 0.6 is 0 Å². The number of hydrogen-bond donors (Lipinski definition) is 1. The van der Waals surface area contributed by atoms with Crippen LogP contribution in [0.3, 0.4) is 0 Å². The van der Waals surface area contributed by atoms with Crippen molar-refractivity contribution in [3.05, 3.63) is 34.9 Å². The van der Waals surface area contributed by atoms with E-state index in [1.54, 1.807) is 0 Å². The highest BCUT2D eigenvalue weighted by Crippen LogP contribution is 2.32. The number of esters is 1. The van der Waals surface area contributed by atoms with Crippen LogP contribution in [0.4, 0.5) is 27.6 Å². The average molecular weight is 510 g/mol. The molecular weight excluding hydrogens is 477 g/mol. The van der Waals surface area contributed by atoms with Crippen LogP contribution in [0.2, 0.25) is 19.6 Å². The fraction of sp³-hybridized carbons (Fsp3) is 0.609. The molecular formula is C23H32F5NO4Si. The van der Waals surface area contributed by atoms with Crippen LogP contribution in [-0.4, -0.2) is 52.0 Å². The molecule has 1 aliphatic rings. The molecule has 1 aromatic carbocycles. The van der Waals surface area contributed by atoms with Crippen LogP contribution in [0.1, 0.15) is 48.5 Å². The van der Waals surface area contributed by atoms with Crippen molar-refractivity contribution in [3.63, 3.8) is 0 Å². The smallest absolute Gasteiger partial charge is 0.408 e. The molecule has 34 heavy (non-hydrogen) atoms. The van der Waals surface area contributed by atoms with E-state index in [0.717, 1.165) is 18.9 Å². The molecule has 0 saturated carbocycles. The maximum absolute atomic E-state index is 15.3. The van der Waals surface area contributed by atoms with Gasteiger partial charge in [-0.25, -0.2) is 13.6 Å². The Morgan fingerprint density at radius 1 is 1.29 bits per heavy atom. The summed E-state index contributed by atoms with van der Waals surface area (Å²) in [5.41, 5.74) is -1.76. The summed E-state index contributed by atoms with van der Waals surface area (Å²) in [7, 11) is -1.87. The van der Waals surface area contributed by atoms with Gasteiger partial charge in [-0.05, 0) is 31.7 Å². The largest absolute Gasteiger partial charge is 0.466 e. The Morgan fingerprint density at radius 2 is 2.00 bits per heavy atom. The van der Waals surface area contributed by atoms with Gasteiger partial charge in [-0.2, -0.15) is 13.2 Å². The van der Waals surface area contributed by atoms with Crippen LogP contribution in [0.15, 0.2) is 12.1 Å². The number of halogens is 5. The lowest BCUT2D eigenvalue weighted by atomic mass is 10.0. The number of rotatable bonds is 10. The van der Waals surface area contributed by atoms with Crippen molar-refractivity contribution in [3.8, 4) is 0 Å². The Balaban J connectivity index is 2.35. The Morgan fingerprint density at radius 3 is 2.56 bits per heavy atom. The zero-order valence-electron chi connectivity index (χ0n) is 19.9. The Bertz CT molecular complexity index is 864. The molecule has 0 spiro atoms. The van der Waals surface area contributed by atoms with Gasteiger partial charge in [-0.1, -0.05) is 38.7 Å². The molecule has 5 nitrogen and oxygen atoms in total. The number of nitrogens with one attached hydrogen (secondary N) is 1. The fourth-order valence-corrected chi connectivity index (χ4v) is 3.80. The van der Waals surface area contributed by atoms with Crippen LogP contribution in [-0.2, 0) is 14.2 Å². The van der Waals surface area contributed by atoms with Gasteiger partial charge in [-0.3, -0.25) is 0 Å². The molecule has 2 atom stereocenters. The van der Waals surface area contributed by atoms with Crippen molar-refractivity contribution in [2.75, 3.05) is 24.8 Å². The third kappa shape index (κ3) is 8.35. The molecule has 1 N–H and O–H groups in total. The van der Waals surface area contributed by atoms with Crippen LogP contribution in [0, 0.1) is 11.6 Å². The average Bonchev–Trinajstić information content (AvgIpc) is 2.74. The van der Waals surface area contributed by atoms with Crippen molar-refractivity contribution in [1.29, 1.82) is 0 Å². The van der Waals surface area contributed by atoms with Gasteiger partial charge < -0.3 is 19.5 Å². The quantitative estimate of drug-likeness (QED) is 0.228. The van der Waals surface area contributed by atoms with Crippen molar-refractivity contribution in [2.45, 2.75) is 70.8 Å². The maximum Gasteiger partial charge on any atom is 0.408 e. The topological polar surface area (TPSA) is 56.8 Å². The lowest BCUT2D eigenvalue weighted by Crippen LogP contribution is -2.36. The maximum atomic E-state index is 15.3. The van der Waals surface area contributed by atoms with Gasteiger partial charge in [0.2, 0.25) is 0 Å². The lowest BCUT2D eigenvalue weighted by molar-refractivity contribution is -0.155. The van der Waals surface area contributed by atoms with Gasteiger partial charge >= 0.3 is 12.1 Å². The van der Waals surface area contributed by atoms with E-state index in [2.05, 4.69) is 5.32 Å². The normalized spacial score (nSPS) is 18.2. The van der Waals surface area contributed by atoms with Crippen LogP contribution in [0.25, 0.3) is 6.08 Å². The molecule has 192 valence electrons. The molecule has 0 amide bonds. The van der Waals surface area contributed by atoms with E-state index in [1.165, 1.54) is 13.0 Å². The van der Waals surface area contributed by atoms with Crippen molar-refractivity contribution in [1.82, 2.24) is 0 Å². The number of hydrogen-bond acceptors (Lipinski definition) is 5. The van der Waals surface area contributed by atoms with Gasteiger partial charge in [0.1, 0.15) is 23.2 Å². The van der Waals surface area contributed by atoms with E-state index < -0.39 is 61.0 Å². The highest BCUT2D eigenvalue weighted by molar-refractivity contribution is 6.76. The highest BCUT2D eigenvalue weighted by Gasteiger charge is 2.39. The Hall–Kier alpha value is -1.98. The van der Waals surface area contributed by atoms with E-state index >= 15 is 4.39 Å². The molecule has 0 aliphatic carbocycles. The van der Waals surface area contributed by atoms with Gasteiger partial charge in [0, 0.05) is 17.9 Å². The summed E-state index contributed by atoms with van der Waals surface area (Å²) in [6.07, 6.45) is -0.274. The van der Waals surface area contributed by atoms with Crippen molar-refractivity contribution in [2.24, 2.45) is 0 Å². The molecule has 1 aromatic rings. The zero-order chi connectivity index (χ0) is 25.5. The first-order valence-electron chi connectivity index (χ1n) is 11.3. The summed E-state index contributed by atoms with van der Waals surface area (Å²) in [4.78, 5) is 12.4. The first kappa shape index (κ1) is 28.3. The van der Waals surface area contributed by atoms with Gasteiger partial charge in [0.25, 0.3) is 0 Å². The zero-order valence-corrected chi connectivity index (χ0v) is 20.9. The number of carbonyl (C=O) groups is 1. The van der Waals surface area contributed by atoms with E-state index in [4.69, 9.17) is 14.2 Å². The number of anilines is 1. The van der Waals surface area contributed by atoms with E-state index in [0.29, 0.717) is 19.1 Å². The molecule has 1 aliphatic heterocycles. The standard InChI is InChI=1S/C23H32F5NO4Si/c1-5-18(23(26,27)28)29-17-13-16(24)20(22(30)33-14-34(2,3)4)21(25)15(17)9-8-12-32-19-10-6-7-11-31-19/h8-9,13,18-19,29H,5-7,10-12,14H2,1-4H3/b9-8+.